The minimum atomic E-state index is -0.601. The zero-order chi connectivity index (χ0) is 13.1. The molecule has 1 heterocycles. The SMILES string of the molecule is CC(=O)Nc1ccc(-c2ccc(C(N)=O)o2)cc1. The van der Waals surface area contributed by atoms with Crippen LogP contribution >= 0.6 is 0 Å². The summed E-state index contributed by atoms with van der Waals surface area (Å²) < 4.78 is 5.29. The third-order valence-corrected chi connectivity index (χ3v) is 2.34. The van der Waals surface area contributed by atoms with Crippen molar-refractivity contribution in [3.63, 3.8) is 0 Å². The van der Waals surface area contributed by atoms with E-state index in [1.54, 1.807) is 30.3 Å². The molecule has 0 saturated heterocycles. The van der Waals surface area contributed by atoms with Gasteiger partial charge in [0.1, 0.15) is 5.76 Å². The molecule has 0 fully saturated rings. The number of nitrogens with two attached hydrogens (primary N) is 1. The molecule has 0 unspecified atom stereocenters. The summed E-state index contributed by atoms with van der Waals surface area (Å²) in [6, 6.07) is 10.3. The van der Waals surface area contributed by atoms with Gasteiger partial charge in [-0.2, -0.15) is 0 Å². The number of primary amides is 1. The summed E-state index contributed by atoms with van der Waals surface area (Å²) in [4.78, 5) is 21.8. The van der Waals surface area contributed by atoms with E-state index in [0.717, 1.165) is 5.56 Å². The van der Waals surface area contributed by atoms with Crippen molar-refractivity contribution < 1.29 is 14.0 Å². The Kier molecular flexibility index (Phi) is 3.14. The van der Waals surface area contributed by atoms with Crippen molar-refractivity contribution in [3.8, 4) is 11.3 Å². The third kappa shape index (κ3) is 2.57. The quantitative estimate of drug-likeness (QED) is 0.865. The summed E-state index contributed by atoms with van der Waals surface area (Å²) in [5.41, 5.74) is 6.61. The number of hydrogen-bond acceptors (Lipinski definition) is 3. The Labute approximate surface area is 104 Å². The molecular weight excluding hydrogens is 232 g/mol. The van der Waals surface area contributed by atoms with Crippen molar-refractivity contribution >= 4 is 17.5 Å². The molecule has 0 atom stereocenters. The average Bonchev–Trinajstić information content (AvgIpc) is 2.78. The zero-order valence-electron chi connectivity index (χ0n) is 9.77. The van der Waals surface area contributed by atoms with Gasteiger partial charge in [0.2, 0.25) is 5.91 Å². The van der Waals surface area contributed by atoms with Crippen LogP contribution in [0.2, 0.25) is 0 Å². The maximum absolute atomic E-state index is 10.9. The number of furan rings is 1. The number of carbonyl (C=O) groups excluding carboxylic acids is 2. The predicted molar refractivity (Wildman–Crippen MR) is 67.0 cm³/mol. The van der Waals surface area contributed by atoms with Gasteiger partial charge in [0, 0.05) is 18.2 Å². The third-order valence-electron chi connectivity index (χ3n) is 2.34. The second kappa shape index (κ2) is 4.75. The van der Waals surface area contributed by atoms with Crippen LogP contribution in [-0.2, 0) is 4.79 Å². The first kappa shape index (κ1) is 11.9. The fraction of sp³-hybridized carbons (Fsp3) is 0.0769. The van der Waals surface area contributed by atoms with Crippen LogP contribution in [0.4, 0.5) is 5.69 Å². The van der Waals surface area contributed by atoms with Gasteiger partial charge < -0.3 is 15.5 Å². The number of hydrogen-bond donors (Lipinski definition) is 2. The van der Waals surface area contributed by atoms with E-state index in [0.29, 0.717) is 11.4 Å². The molecular formula is C13H12N2O3. The highest BCUT2D eigenvalue weighted by atomic mass is 16.3. The fourth-order valence-corrected chi connectivity index (χ4v) is 1.55. The lowest BCUT2D eigenvalue weighted by atomic mass is 10.1. The van der Waals surface area contributed by atoms with E-state index in [2.05, 4.69) is 5.32 Å². The molecule has 92 valence electrons. The van der Waals surface area contributed by atoms with Gasteiger partial charge in [0.05, 0.1) is 0 Å². The Morgan fingerprint density at radius 2 is 1.78 bits per heavy atom. The molecule has 2 aromatic rings. The lowest BCUT2D eigenvalue weighted by molar-refractivity contribution is -0.114. The Bertz CT molecular complexity index is 585. The van der Waals surface area contributed by atoms with Gasteiger partial charge >= 0.3 is 0 Å². The molecule has 0 radical (unpaired) electrons. The van der Waals surface area contributed by atoms with E-state index in [1.807, 2.05) is 0 Å². The summed E-state index contributed by atoms with van der Waals surface area (Å²) in [5, 5.41) is 2.66. The van der Waals surface area contributed by atoms with E-state index in [1.165, 1.54) is 13.0 Å². The molecule has 5 heteroatoms. The summed E-state index contributed by atoms with van der Waals surface area (Å²) in [6.45, 7) is 1.44. The molecule has 3 N–H and O–H groups in total. The minimum absolute atomic E-state index is 0.121. The van der Waals surface area contributed by atoms with Crippen molar-refractivity contribution in [1.82, 2.24) is 0 Å². The summed E-state index contributed by atoms with van der Waals surface area (Å²) in [6.07, 6.45) is 0. The van der Waals surface area contributed by atoms with Gasteiger partial charge in [-0.1, -0.05) is 0 Å². The number of nitrogens with one attached hydrogen (secondary N) is 1. The van der Waals surface area contributed by atoms with Gasteiger partial charge in [-0.05, 0) is 36.4 Å². The van der Waals surface area contributed by atoms with Crippen LogP contribution in [0.3, 0.4) is 0 Å². The highest BCUT2D eigenvalue weighted by Gasteiger charge is 2.08. The summed E-state index contributed by atoms with van der Waals surface area (Å²) in [7, 11) is 0. The van der Waals surface area contributed by atoms with Gasteiger partial charge in [0.15, 0.2) is 5.76 Å². The first-order valence-corrected chi connectivity index (χ1v) is 5.34. The number of benzene rings is 1. The number of anilines is 1. The normalized spacial score (nSPS) is 10.1. The van der Waals surface area contributed by atoms with Crippen molar-refractivity contribution in [2.45, 2.75) is 6.92 Å². The topological polar surface area (TPSA) is 85.3 Å². The van der Waals surface area contributed by atoms with Crippen LogP contribution in [-0.4, -0.2) is 11.8 Å². The molecule has 1 aromatic carbocycles. The van der Waals surface area contributed by atoms with Crippen molar-refractivity contribution in [3.05, 3.63) is 42.2 Å². The molecule has 0 aliphatic carbocycles. The van der Waals surface area contributed by atoms with Crippen LogP contribution in [0.15, 0.2) is 40.8 Å². The van der Waals surface area contributed by atoms with E-state index in [9.17, 15) is 9.59 Å². The molecule has 1 aromatic heterocycles. The molecule has 0 bridgehead atoms. The molecule has 2 amide bonds. The predicted octanol–water partition coefficient (Wildman–Crippen LogP) is 2.00. The molecule has 0 aliphatic heterocycles. The fourth-order valence-electron chi connectivity index (χ4n) is 1.55. The molecule has 18 heavy (non-hydrogen) atoms. The van der Waals surface area contributed by atoms with Gasteiger partial charge in [-0.15, -0.1) is 0 Å². The van der Waals surface area contributed by atoms with Crippen LogP contribution in [0.5, 0.6) is 0 Å². The first-order valence-electron chi connectivity index (χ1n) is 5.34. The van der Waals surface area contributed by atoms with E-state index >= 15 is 0 Å². The highest BCUT2D eigenvalue weighted by Crippen LogP contribution is 2.23. The van der Waals surface area contributed by atoms with Crippen LogP contribution in [0.25, 0.3) is 11.3 Å². The van der Waals surface area contributed by atoms with E-state index in [-0.39, 0.29) is 11.7 Å². The lowest BCUT2D eigenvalue weighted by Gasteiger charge is -2.02. The maximum atomic E-state index is 10.9. The smallest absolute Gasteiger partial charge is 0.284 e. The maximum Gasteiger partial charge on any atom is 0.284 e. The lowest BCUT2D eigenvalue weighted by Crippen LogP contribution is -2.09. The van der Waals surface area contributed by atoms with Crippen molar-refractivity contribution in [1.29, 1.82) is 0 Å². The number of rotatable bonds is 3. The van der Waals surface area contributed by atoms with Gasteiger partial charge in [-0.25, -0.2) is 0 Å². The molecule has 0 saturated carbocycles. The molecule has 0 aliphatic rings. The molecule has 0 spiro atoms. The Balaban J connectivity index is 2.22. The number of amides is 2. The first-order chi connectivity index (χ1) is 8.56. The second-order valence-electron chi connectivity index (χ2n) is 3.79. The summed E-state index contributed by atoms with van der Waals surface area (Å²) >= 11 is 0. The Hall–Kier alpha value is -2.56. The summed E-state index contributed by atoms with van der Waals surface area (Å²) in [5.74, 6) is -0.0537. The van der Waals surface area contributed by atoms with Crippen LogP contribution < -0.4 is 11.1 Å². The van der Waals surface area contributed by atoms with Gasteiger partial charge in [-0.3, -0.25) is 9.59 Å². The van der Waals surface area contributed by atoms with E-state index in [4.69, 9.17) is 10.2 Å². The van der Waals surface area contributed by atoms with Crippen molar-refractivity contribution in [2.24, 2.45) is 5.73 Å². The van der Waals surface area contributed by atoms with Crippen LogP contribution in [0.1, 0.15) is 17.5 Å². The standard InChI is InChI=1S/C13H12N2O3/c1-8(16)15-10-4-2-9(3-5-10)11-6-7-12(18-11)13(14)17/h2-7H,1H3,(H2,14,17)(H,15,16). The molecule has 2 rings (SSSR count). The average molecular weight is 244 g/mol. The second-order valence-corrected chi connectivity index (χ2v) is 3.79. The largest absolute Gasteiger partial charge is 0.451 e. The Morgan fingerprint density at radius 3 is 2.28 bits per heavy atom. The molecule has 5 nitrogen and oxygen atoms in total. The minimum Gasteiger partial charge on any atom is -0.451 e. The zero-order valence-corrected chi connectivity index (χ0v) is 9.77. The monoisotopic (exact) mass is 244 g/mol. The number of carbonyl (C=O) groups is 2. The van der Waals surface area contributed by atoms with Crippen molar-refractivity contribution in [2.75, 3.05) is 5.32 Å². The van der Waals surface area contributed by atoms with Gasteiger partial charge in [0.25, 0.3) is 5.91 Å². The highest BCUT2D eigenvalue weighted by molar-refractivity contribution is 5.91. The van der Waals surface area contributed by atoms with E-state index < -0.39 is 5.91 Å². The van der Waals surface area contributed by atoms with Crippen LogP contribution in [0, 0.1) is 0 Å². The Morgan fingerprint density at radius 1 is 1.11 bits per heavy atom.